The SMILES string of the molecule is CCNC(c1ccc(C)c(C)c1)C(C)S(C)(=O)=O. The molecule has 0 aliphatic heterocycles. The molecule has 0 fully saturated rings. The minimum atomic E-state index is -3.06. The van der Waals surface area contributed by atoms with Gasteiger partial charge in [-0.3, -0.25) is 0 Å². The van der Waals surface area contributed by atoms with Crippen molar-refractivity contribution in [2.75, 3.05) is 12.8 Å². The van der Waals surface area contributed by atoms with Crippen LogP contribution < -0.4 is 5.32 Å². The number of hydrogen-bond donors (Lipinski definition) is 1. The van der Waals surface area contributed by atoms with E-state index >= 15 is 0 Å². The molecule has 1 aromatic carbocycles. The largest absolute Gasteiger partial charge is 0.309 e. The molecule has 0 aliphatic rings. The summed E-state index contributed by atoms with van der Waals surface area (Å²) in [4.78, 5) is 0. The van der Waals surface area contributed by atoms with Crippen LogP contribution in [0.1, 0.15) is 36.6 Å². The van der Waals surface area contributed by atoms with Gasteiger partial charge in [0.25, 0.3) is 0 Å². The van der Waals surface area contributed by atoms with Gasteiger partial charge in [0.05, 0.1) is 5.25 Å². The Morgan fingerprint density at radius 2 is 1.83 bits per heavy atom. The molecule has 0 aliphatic carbocycles. The van der Waals surface area contributed by atoms with Crippen molar-refractivity contribution >= 4 is 9.84 Å². The van der Waals surface area contributed by atoms with Gasteiger partial charge in [0.2, 0.25) is 0 Å². The molecule has 1 rings (SSSR count). The van der Waals surface area contributed by atoms with Gasteiger partial charge in [0.15, 0.2) is 9.84 Å². The zero-order valence-corrected chi connectivity index (χ0v) is 12.6. The van der Waals surface area contributed by atoms with Gasteiger partial charge in [-0.2, -0.15) is 0 Å². The van der Waals surface area contributed by atoms with Crippen molar-refractivity contribution in [3.8, 4) is 0 Å². The molecule has 0 aromatic heterocycles. The van der Waals surface area contributed by atoms with E-state index < -0.39 is 15.1 Å². The third-order valence-corrected chi connectivity index (χ3v) is 5.08. The minimum absolute atomic E-state index is 0.149. The predicted molar refractivity (Wildman–Crippen MR) is 76.6 cm³/mol. The predicted octanol–water partition coefficient (Wildman–Crippen LogP) is 2.39. The molecule has 4 heteroatoms. The molecule has 102 valence electrons. The monoisotopic (exact) mass is 269 g/mol. The van der Waals surface area contributed by atoms with Crippen LogP contribution >= 0.6 is 0 Å². The molecule has 0 heterocycles. The van der Waals surface area contributed by atoms with Crippen LogP contribution in [0, 0.1) is 13.8 Å². The van der Waals surface area contributed by atoms with E-state index in [0.29, 0.717) is 0 Å². The van der Waals surface area contributed by atoms with Crippen molar-refractivity contribution in [1.82, 2.24) is 5.32 Å². The van der Waals surface area contributed by atoms with Gasteiger partial charge in [0.1, 0.15) is 0 Å². The van der Waals surface area contributed by atoms with Crippen LogP contribution in [0.4, 0.5) is 0 Å². The lowest BCUT2D eigenvalue weighted by molar-refractivity contribution is 0.512. The number of aryl methyl sites for hydroxylation is 2. The maximum Gasteiger partial charge on any atom is 0.151 e. The van der Waals surface area contributed by atoms with Gasteiger partial charge < -0.3 is 5.32 Å². The van der Waals surface area contributed by atoms with Crippen LogP contribution in [0.5, 0.6) is 0 Å². The third kappa shape index (κ3) is 3.56. The standard InChI is InChI=1S/C14H23NO2S/c1-6-15-14(12(4)18(5,16)17)13-8-7-10(2)11(3)9-13/h7-9,12,14-15H,6H2,1-5H3. The molecule has 3 nitrogen and oxygen atoms in total. The molecule has 0 saturated heterocycles. The molecule has 0 radical (unpaired) electrons. The van der Waals surface area contributed by atoms with E-state index in [2.05, 4.69) is 18.3 Å². The van der Waals surface area contributed by atoms with Crippen LogP contribution in [0.3, 0.4) is 0 Å². The van der Waals surface area contributed by atoms with Crippen molar-refractivity contribution in [2.24, 2.45) is 0 Å². The summed E-state index contributed by atoms with van der Waals surface area (Å²) in [7, 11) is -3.06. The smallest absolute Gasteiger partial charge is 0.151 e. The molecule has 0 bridgehead atoms. The molecular weight excluding hydrogens is 246 g/mol. The summed E-state index contributed by atoms with van der Waals surface area (Å²) in [6.45, 7) is 8.60. The first kappa shape index (κ1) is 15.2. The summed E-state index contributed by atoms with van der Waals surface area (Å²) in [6, 6.07) is 5.98. The number of hydrogen-bond acceptors (Lipinski definition) is 3. The van der Waals surface area contributed by atoms with Crippen LogP contribution in [-0.2, 0) is 9.84 Å². The quantitative estimate of drug-likeness (QED) is 0.892. The van der Waals surface area contributed by atoms with E-state index in [1.54, 1.807) is 6.92 Å². The maximum atomic E-state index is 11.7. The summed E-state index contributed by atoms with van der Waals surface area (Å²) in [5.74, 6) is 0. The Morgan fingerprint density at radius 1 is 1.22 bits per heavy atom. The lowest BCUT2D eigenvalue weighted by atomic mass is 9.99. The second-order valence-electron chi connectivity index (χ2n) is 4.91. The third-order valence-electron chi connectivity index (χ3n) is 3.46. The summed E-state index contributed by atoms with van der Waals surface area (Å²) < 4.78 is 23.5. The van der Waals surface area contributed by atoms with Crippen molar-refractivity contribution in [3.05, 3.63) is 34.9 Å². The van der Waals surface area contributed by atoms with Crippen LogP contribution in [-0.4, -0.2) is 26.5 Å². The highest BCUT2D eigenvalue weighted by molar-refractivity contribution is 7.91. The Bertz CT molecular complexity index is 509. The molecule has 2 unspecified atom stereocenters. The van der Waals surface area contributed by atoms with E-state index in [9.17, 15) is 8.42 Å². The Balaban J connectivity index is 3.15. The van der Waals surface area contributed by atoms with E-state index in [4.69, 9.17) is 0 Å². The summed E-state index contributed by atoms with van der Waals surface area (Å²) in [6.07, 6.45) is 1.29. The zero-order valence-electron chi connectivity index (χ0n) is 11.8. The van der Waals surface area contributed by atoms with Gasteiger partial charge in [0, 0.05) is 12.3 Å². The minimum Gasteiger partial charge on any atom is -0.309 e. The number of rotatable bonds is 5. The highest BCUT2D eigenvalue weighted by Gasteiger charge is 2.26. The molecule has 1 aromatic rings. The number of nitrogens with one attached hydrogen (secondary N) is 1. The summed E-state index contributed by atoms with van der Waals surface area (Å²) >= 11 is 0. The molecule has 0 spiro atoms. The first-order valence-electron chi connectivity index (χ1n) is 6.26. The number of benzene rings is 1. The first-order chi connectivity index (χ1) is 8.27. The Labute approximate surface area is 111 Å². The average Bonchev–Trinajstić information content (AvgIpc) is 2.28. The van der Waals surface area contributed by atoms with Crippen molar-refractivity contribution in [3.63, 3.8) is 0 Å². The zero-order chi connectivity index (χ0) is 13.9. The van der Waals surface area contributed by atoms with Gasteiger partial charge >= 0.3 is 0 Å². The Kier molecular flexibility index (Phi) is 4.93. The average molecular weight is 269 g/mol. The van der Waals surface area contributed by atoms with E-state index in [0.717, 1.165) is 12.1 Å². The first-order valence-corrected chi connectivity index (χ1v) is 8.22. The molecule has 0 saturated carbocycles. The lowest BCUT2D eigenvalue weighted by Crippen LogP contribution is -2.35. The van der Waals surface area contributed by atoms with Crippen molar-refractivity contribution < 1.29 is 8.42 Å². The summed E-state index contributed by atoms with van der Waals surface area (Å²) in [5.41, 5.74) is 3.45. The van der Waals surface area contributed by atoms with Gasteiger partial charge in [-0.15, -0.1) is 0 Å². The second-order valence-corrected chi connectivity index (χ2v) is 7.32. The molecular formula is C14H23NO2S. The van der Waals surface area contributed by atoms with Crippen molar-refractivity contribution in [1.29, 1.82) is 0 Å². The lowest BCUT2D eigenvalue weighted by Gasteiger charge is -2.24. The fourth-order valence-electron chi connectivity index (χ4n) is 1.98. The Hall–Kier alpha value is -0.870. The normalized spacial score (nSPS) is 15.4. The highest BCUT2D eigenvalue weighted by atomic mass is 32.2. The number of sulfone groups is 1. The molecule has 18 heavy (non-hydrogen) atoms. The fourth-order valence-corrected chi connectivity index (χ4v) is 2.73. The fraction of sp³-hybridized carbons (Fsp3) is 0.571. The van der Waals surface area contributed by atoms with Gasteiger partial charge in [-0.25, -0.2) is 8.42 Å². The topological polar surface area (TPSA) is 46.2 Å². The summed E-state index contributed by atoms with van der Waals surface area (Å²) in [5, 5.41) is 2.84. The van der Waals surface area contributed by atoms with Gasteiger partial charge in [-0.05, 0) is 44.0 Å². The van der Waals surface area contributed by atoms with Crippen LogP contribution in [0.15, 0.2) is 18.2 Å². The Morgan fingerprint density at radius 3 is 2.28 bits per heavy atom. The van der Waals surface area contributed by atoms with Crippen LogP contribution in [0.25, 0.3) is 0 Å². The highest BCUT2D eigenvalue weighted by Crippen LogP contribution is 2.23. The maximum absolute atomic E-state index is 11.7. The van der Waals surface area contributed by atoms with E-state index in [1.165, 1.54) is 17.4 Å². The molecule has 2 atom stereocenters. The van der Waals surface area contributed by atoms with E-state index in [1.807, 2.05) is 26.0 Å². The van der Waals surface area contributed by atoms with Crippen molar-refractivity contribution in [2.45, 2.75) is 39.0 Å². The van der Waals surface area contributed by atoms with Gasteiger partial charge in [-0.1, -0.05) is 25.1 Å². The molecule has 0 amide bonds. The second kappa shape index (κ2) is 5.85. The van der Waals surface area contributed by atoms with E-state index in [-0.39, 0.29) is 6.04 Å². The van der Waals surface area contributed by atoms with Crippen LogP contribution in [0.2, 0.25) is 0 Å². The molecule has 1 N–H and O–H groups in total.